The Balaban J connectivity index is 1.95. The third-order valence-corrected chi connectivity index (χ3v) is 5.66. The number of aryl methyl sites for hydroxylation is 1. The summed E-state index contributed by atoms with van der Waals surface area (Å²) in [5, 5.41) is 3.30. The van der Waals surface area contributed by atoms with Crippen LogP contribution in [0.15, 0.2) is 11.2 Å². The van der Waals surface area contributed by atoms with Gasteiger partial charge in [-0.25, -0.2) is 13.4 Å². The number of nitrogens with one attached hydrogen (secondary N) is 1. The summed E-state index contributed by atoms with van der Waals surface area (Å²) in [6.45, 7) is 2.03. The van der Waals surface area contributed by atoms with Gasteiger partial charge < -0.3 is 14.6 Å². The molecule has 2 aliphatic rings. The van der Waals surface area contributed by atoms with Crippen molar-refractivity contribution < 1.29 is 13.2 Å². The molecule has 7 nitrogen and oxygen atoms in total. The molecule has 1 aromatic heterocycles. The molecule has 2 saturated heterocycles. The van der Waals surface area contributed by atoms with Crippen molar-refractivity contribution in [2.45, 2.75) is 17.2 Å². The van der Waals surface area contributed by atoms with Gasteiger partial charge in [0, 0.05) is 32.9 Å². The van der Waals surface area contributed by atoms with Gasteiger partial charge in [0.1, 0.15) is 0 Å². The molecule has 1 aromatic rings. The lowest BCUT2D eigenvalue weighted by Gasteiger charge is -2.35. The van der Waals surface area contributed by atoms with Gasteiger partial charge in [0.2, 0.25) is 5.28 Å². The van der Waals surface area contributed by atoms with Crippen LogP contribution in [-0.4, -0.2) is 60.7 Å². The molecule has 3 heterocycles. The second-order valence-corrected chi connectivity index (χ2v) is 6.89. The third kappa shape index (κ3) is 2.17. The quantitative estimate of drug-likeness (QED) is 0.792. The first-order valence-electron chi connectivity index (χ1n) is 6.03. The van der Waals surface area contributed by atoms with Crippen molar-refractivity contribution in [3.63, 3.8) is 0 Å². The highest BCUT2D eigenvalue weighted by Gasteiger charge is 2.43. The summed E-state index contributed by atoms with van der Waals surface area (Å²) in [6, 6.07) is -0.167. The van der Waals surface area contributed by atoms with Crippen molar-refractivity contribution in [1.82, 2.24) is 19.2 Å². The van der Waals surface area contributed by atoms with Crippen LogP contribution in [0.25, 0.3) is 0 Å². The number of hydrogen-bond acceptors (Lipinski definition) is 5. The number of imidazole rings is 1. The highest BCUT2D eigenvalue weighted by Crippen LogP contribution is 2.25. The molecule has 2 atom stereocenters. The molecule has 1 N–H and O–H groups in total. The Labute approximate surface area is 116 Å². The number of morpholine rings is 1. The Morgan fingerprint density at radius 3 is 3.00 bits per heavy atom. The summed E-state index contributed by atoms with van der Waals surface area (Å²) in [5.74, 6) is 0. The second-order valence-electron chi connectivity index (χ2n) is 4.71. The minimum absolute atomic E-state index is 0.00690. The fourth-order valence-electron chi connectivity index (χ4n) is 2.52. The van der Waals surface area contributed by atoms with E-state index in [1.807, 2.05) is 0 Å². The van der Waals surface area contributed by atoms with Gasteiger partial charge in [-0.2, -0.15) is 4.31 Å². The molecule has 0 aromatic carbocycles. The largest absolute Gasteiger partial charge is 0.374 e. The molecule has 0 radical (unpaired) electrons. The first kappa shape index (κ1) is 13.3. The van der Waals surface area contributed by atoms with Gasteiger partial charge in [0.15, 0.2) is 5.03 Å². The Kier molecular flexibility index (Phi) is 3.30. The normalized spacial score (nSPS) is 28.5. The van der Waals surface area contributed by atoms with Gasteiger partial charge >= 0.3 is 0 Å². The van der Waals surface area contributed by atoms with Crippen molar-refractivity contribution >= 4 is 21.6 Å². The van der Waals surface area contributed by atoms with Gasteiger partial charge in [-0.15, -0.1) is 0 Å². The zero-order chi connectivity index (χ0) is 13.6. The Morgan fingerprint density at radius 1 is 1.53 bits per heavy atom. The molecule has 0 unspecified atom stereocenters. The monoisotopic (exact) mass is 306 g/mol. The predicted octanol–water partition coefficient (Wildman–Crippen LogP) is -0.565. The van der Waals surface area contributed by atoms with E-state index >= 15 is 0 Å². The lowest BCUT2D eigenvalue weighted by Crippen LogP contribution is -2.53. The van der Waals surface area contributed by atoms with Crippen LogP contribution < -0.4 is 5.32 Å². The number of aromatic nitrogens is 2. The average Bonchev–Trinajstić information content (AvgIpc) is 2.96. The van der Waals surface area contributed by atoms with E-state index < -0.39 is 10.0 Å². The molecule has 0 amide bonds. The van der Waals surface area contributed by atoms with Crippen molar-refractivity contribution in [3.05, 3.63) is 11.5 Å². The van der Waals surface area contributed by atoms with E-state index in [1.54, 1.807) is 7.05 Å². The summed E-state index contributed by atoms with van der Waals surface area (Å²) in [7, 11) is -1.96. The fraction of sp³-hybridized carbons (Fsp3) is 0.700. The van der Waals surface area contributed by atoms with E-state index in [1.165, 1.54) is 15.1 Å². The van der Waals surface area contributed by atoms with Crippen molar-refractivity contribution in [2.75, 3.05) is 26.2 Å². The van der Waals surface area contributed by atoms with Crippen molar-refractivity contribution in [3.8, 4) is 0 Å². The third-order valence-electron chi connectivity index (χ3n) is 3.51. The van der Waals surface area contributed by atoms with Gasteiger partial charge in [-0.05, 0) is 11.6 Å². The number of fused-ring (bicyclic) bond motifs is 1. The minimum atomic E-state index is -3.62. The Hall–Kier alpha value is -0.670. The Morgan fingerprint density at radius 2 is 2.32 bits per heavy atom. The van der Waals surface area contributed by atoms with E-state index in [9.17, 15) is 8.42 Å². The molecule has 0 bridgehead atoms. The Bertz CT molecular complexity index is 568. The second kappa shape index (κ2) is 4.71. The first-order valence-corrected chi connectivity index (χ1v) is 7.85. The molecule has 19 heavy (non-hydrogen) atoms. The summed E-state index contributed by atoms with van der Waals surface area (Å²) < 4.78 is 33.7. The zero-order valence-corrected chi connectivity index (χ0v) is 12.0. The van der Waals surface area contributed by atoms with Crippen LogP contribution in [0.3, 0.4) is 0 Å². The molecule has 2 aliphatic heterocycles. The number of sulfonamides is 1. The lowest BCUT2D eigenvalue weighted by atomic mass is 10.2. The molecule has 3 rings (SSSR count). The van der Waals surface area contributed by atoms with Crippen molar-refractivity contribution in [2.24, 2.45) is 7.05 Å². The van der Waals surface area contributed by atoms with Crippen molar-refractivity contribution in [1.29, 1.82) is 0 Å². The number of nitrogens with zero attached hydrogens (tertiary/aromatic N) is 3. The molecule has 0 spiro atoms. The van der Waals surface area contributed by atoms with Gasteiger partial charge in [0.05, 0.1) is 18.8 Å². The van der Waals surface area contributed by atoms with Crippen LogP contribution in [0.1, 0.15) is 0 Å². The highest BCUT2D eigenvalue weighted by atomic mass is 35.5. The molecule has 9 heteroatoms. The maximum absolute atomic E-state index is 12.6. The van der Waals surface area contributed by atoms with E-state index in [4.69, 9.17) is 16.3 Å². The molecule has 0 saturated carbocycles. The number of hydrogen-bond donors (Lipinski definition) is 1. The zero-order valence-electron chi connectivity index (χ0n) is 10.4. The molecular formula is C10H15ClN4O3S. The summed E-state index contributed by atoms with van der Waals surface area (Å²) in [6.07, 6.45) is 1.35. The van der Waals surface area contributed by atoms with Crippen LogP contribution in [0, 0.1) is 0 Å². The minimum Gasteiger partial charge on any atom is -0.374 e. The summed E-state index contributed by atoms with van der Waals surface area (Å²) in [5.41, 5.74) is 0. The average molecular weight is 307 g/mol. The smallest absolute Gasteiger partial charge is 0.262 e. The SMILES string of the molecule is Cn1cc(S(=O)(=O)N2CCO[C@H]3CNC[C@H]32)nc1Cl. The highest BCUT2D eigenvalue weighted by molar-refractivity contribution is 7.89. The van der Waals surface area contributed by atoms with Gasteiger partial charge in [-0.1, -0.05) is 0 Å². The maximum atomic E-state index is 12.6. The summed E-state index contributed by atoms with van der Waals surface area (Å²) in [4.78, 5) is 3.91. The lowest BCUT2D eigenvalue weighted by molar-refractivity contribution is -0.0149. The first-order chi connectivity index (χ1) is 9.00. The van der Waals surface area contributed by atoms with Crippen LogP contribution in [0.4, 0.5) is 0 Å². The topological polar surface area (TPSA) is 76.5 Å². The number of halogens is 1. The molecule has 0 aliphatic carbocycles. The van der Waals surface area contributed by atoms with Crippen LogP contribution in [-0.2, 0) is 21.8 Å². The van der Waals surface area contributed by atoms with E-state index in [0.29, 0.717) is 26.2 Å². The predicted molar refractivity (Wildman–Crippen MR) is 68.5 cm³/mol. The van der Waals surface area contributed by atoms with Gasteiger partial charge in [0.25, 0.3) is 10.0 Å². The maximum Gasteiger partial charge on any atom is 0.262 e. The van der Waals surface area contributed by atoms with Gasteiger partial charge in [-0.3, -0.25) is 0 Å². The van der Waals surface area contributed by atoms with E-state index in [-0.39, 0.29) is 22.5 Å². The van der Waals surface area contributed by atoms with Crippen LogP contribution in [0.5, 0.6) is 0 Å². The van der Waals surface area contributed by atoms with Crippen LogP contribution >= 0.6 is 11.6 Å². The number of rotatable bonds is 2. The van der Waals surface area contributed by atoms with E-state index in [0.717, 1.165) is 0 Å². The summed E-state index contributed by atoms with van der Waals surface area (Å²) >= 11 is 5.82. The fourth-order valence-corrected chi connectivity index (χ4v) is 4.32. The molecule has 106 valence electrons. The van der Waals surface area contributed by atoms with Crippen LogP contribution in [0.2, 0.25) is 5.28 Å². The van der Waals surface area contributed by atoms with E-state index in [2.05, 4.69) is 10.3 Å². The molecular weight excluding hydrogens is 292 g/mol. The standard InChI is InChI=1S/C10H15ClN4O3S/c1-14-6-9(13-10(14)11)19(16,17)15-2-3-18-8-5-12-4-7(8)15/h6-8,12H,2-5H2,1H3/t7-,8+/m1/s1. The number of ether oxygens (including phenoxy) is 1. The molecule has 2 fully saturated rings.